The second kappa shape index (κ2) is 6.64. The normalized spacial score (nSPS) is 12.4. The van der Waals surface area contributed by atoms with Crippen molar-refractivity contribution >= 4 is 11.6 Å². The van der Waals surface area contributed by atoms with Crippen molar-refractivity contribution < 1.29 is 4.39 Å². The highest BCUT2D eigenvalue weighted by Gasteiger charge is 2.11. The summed E-state index contributed by atoms with van der Waals surface area (Å²) in [7, 11) is 1.90. The van der Waals surface area contributed by atoms with E-state index in [0.717, 1.165) is 24.0 Å². The van der Waals surface area contributed by atoms with Crippen LogP contribution in [-0.4, -0.2) is 18.1 Å². The summed E-state index contributed by atoms with van der Waals surface area (Å²) in [4.78, 5) is 3.97. The molecule has 1 heterocycles. The molecule has 100 valence electrons. The van der Waals surface area contributed by atoms with Gasteiger partial charge >= 0.3 is 0 Å². The Morgan fingerprint density at radius 2 is 2.16 bits per heavy atom. The minimum absolute atomic E-state index is 0.200. The van der Waals surface area contributed by atoms with Gasteiger partial charge < -0.3 is 5.32 Å². The van der Waals surface area contributed by atoms with Crippen molar-refractivity contribution in [3.63, 3.8) is 0 Å². The van der Waals surface area contributed by atoms with E-state index < -0.39 is 0 Å². The van der Waals surface area contributed by atoms with Gasteiger partial charge in [0.1, 0.15) is 5.82 Å². The molecule has 0 saturated carbocycles. The Labute approximate surface area is 117 Å². The van der Waals surface area contributed by atoms with Gasteiger partial charge in [-0.2, -0.15) is 0 Å². The molecular formula is C15H16ClFN2. The summed E-state index contributed by atoms with van der Waals surface area (Å²) in [5.74, 6) is -0.200. The molecule has 0 bridgehead atoms. The summed E-state index contributed by atoms with van der Waals surface area (Å²) >= 11 is 6.10. The number of halogens is 2. The summed E-state index contributed by atoms with van der Waals surface area (Å²) in [5, 5.41) is 3.91. The zero-order chi connectivity index (χ0) is 13.7. The molecule has 0 aliphatic heterocycles. The van der Waals surface area contributed by atoms with Gasteiger partial charge in [0.2, 0.25) is 0 Å². The third-order valence-electron chi connectivity index (χ3n) is 3.10. The lowest BCUT2D eigenvalue weighted by molar-refractivity contribution is 0.552. The molecule has 0 aliphatic carbocycles. The van der Waals surface area contributed by atoms with Crippen LogP contribution in [-0.2, 0) is 12.8 Å². The van der Waals surface area contributed by atoms with E-state index in [2.05, 4.69) is 10.3 Å². The van der Waals surface area contributed by atoms with Crippen LogP contribution in [0.4, 0.5) is 4.39 Å². The molecular weight excluding hydrogens is 263 g/mol. The van der Waals surface area contributed by atoms with Gasteiger partial charge in [-0.1, -0.05) is 23.7 Å². The Balaban J connectivity index is 2.07. The first-order chi connectivity index (χ1) is 9.19. The second-order valence-electron chi connectivity index (χ2n) is 4.49. The maximum absolute atomic E-state index is 13.2. The SMILES string of the molecule is CNC(Cc1cccc(F)c1)Cc1ccncc1Cl. The van der Waals surface area contributed by atoms with Gasteiger partial charge in [0.15, 0.2) is 0 Å². The molecule has 1 aromatic carbocycles. The lowest BCUT2D eigenvalue weighted by Crippen LogP contribution is -2.30. The molecule has 1 atom stereocenters. The maximum atomic E-state index is 13.2. The Bertz CT molecular complexity index is 545. The highest BCUT2D eigenvalue weighted by molar-refractivity contribution is 6.31. The van der Waals surface area contributed by atoms with Crippen molar-refractivity contribution in [3.8, 4) is 0 Å². The molecule has 0 radical (unpaired) electrons. The van der Waals surface area contributed by atoms with E-state index in [0.29, 0.717) is 5.02 Å². The lowest BCUT2D eigenvalue weighted by Gasteiger charge is -2.17. The first-order valence-electron chi connectivity index (χ1n) is 6.19. The molecule has 1 unspecified atom stereocenters. The van der Waals surface area contributed by atoms with Crippen LogP contribution in [0.15, 0.2) is 42.7 Å². The number of benzene rings is 1. The minimum Gasteiger partial charge on any atom is -0.316 e. The molecule has 19 heavy (non-hydrogen) atoms. The van der Waals surface area contributed by atoms with E-state index in [9.17, 15) is 4.39 Å². The zero-order valence-corrected chi connectivity index (χ0v) is 11.5. The van der Waals surface area contributed by atoms with E-state index in [4.69, 9.17) is 11.6 Å². The zero-order valence-electron chi connectivity index (χ0n) is 10.7. The van der Waals surface area contributed by atoms with Crippen molar-refractivity contribution in [2.75, 3.05) is 7.05 Å². The fourth-order valence-corrected chi connectivity index (χ4v) is 2.26. The van der Waals surface area contributed by atoms with Gasteiger partial charge in [-0.15, -0.1) is 0 Å². The molecule has 0 spiro atoms. The molecule has 2 nitrogen and oxygen atoms in total. The number of pyridine rings is 1. The summed E-state index contributed by atoms with van der Waals surface area (Å²) < 4.78 is 13.2. The fraction of sp³-hybridized carbons (Fsp3) is 0.267. The monoisotopic (exact) mass is 278 g/mol. The smallest absolute Gasteiger partial charge is 0.123 e. The van der Waals surface area contributed by atoms with Crippen LogP contribution in [0.1, 0.15) is 11.1 Å². The minimum atomic E-state index is -0.200. The Kier molecular flexibility index (Phi) is 4.88. The Morgan fingerprint density at radius 3 is 2.84 bits per heavy atom. The van der Waals surface area contributed by atoms with Gasteiger partial charge in [0.05, 0.1) is 5.02 Å². The van der Waals surface area contributed by atoms with Crippen molar-refractivity contribution in [1.82, 2.24) is 10.3 Å². The molecule has 0 fully saturated rings. The van der Waals surface area contributed by atoms with Crippen molar-refractivity contribution in [2.45, 2.75) is 18.9 Å². The highest BCUT2D eigenvalue weighted by Crippen LogP contribution is 2.17. The molecule has 1 aromatic heterocycles. The van der Waals surface area contributed by atoms with Crippen LogP contribution in [0.2, 0.25) is 5.02 Å². The molecule has 0 saturated heterocycles. The van der Waals surface area contributed by atoms with Gasteiger partial charge in [0.25, 0.3) is 0 Å². The molecule has 2 aromatic rings. The Hall–Kier alpha value is -1.45. The molecule has 0 aliphatic rings. The van der Waals surface area contributed by atoms with E-state index in [1.54, 1.807) is 24.5 Å². The van der Waals surface area contributed by atoms with E-state index in [-0.39, 0.29) is 11.9 Å². The van der Waals surface area contributed by atoms with Gasteiger partial charge in [-0.3, -0.25) is 4.98 Å². The predicted molar refractivity (Wildman–Crippen MR) is 75.9 cm³/mol. The number of hydrogen-bond acceptors (Lipinski definition) is 2. The predicted octanol–water partition coefficient (Wildman–Crippen LogP) is 3.25. The molecule has 2 rings (SSSR count). The molecule has 4 heteroatoms. The average Bonchev–Trinajstić information content (AvgIpc) is 2.40. The van der Waals surface area contributed by atoms with Crippen molar-refractivity contribution in [1.29, 1.82) is 0 Å². The van der Waals surface area contributed by atoms with Crippen LogP contribution >= 0.6 is 11.6 Å². The van der Waals surface area contributed by atoms with Gasteiger partial charge in [-0.25, -0.2) is 4.39 Å². The fourth-order valence-electron chi connectivity index (χ4n) is 2.06. The largest absolute Gasteiger partial charge is 0.316 e. The van der Waals surface area contributed by atoms with Crippen molar-refractivity contribution in [2.24, 2.45) is 0 Å². The Morgan fingerprint density at radius 1 is 1.32 bits per heavy atom. The summed E-state index contributed by atoms with van der Waals surface area (Å²) in [6.45, 7) is 0. The number of aromatic nitrogens is 1. The van der Waals surface area contributed by atoms with E-state index >= 15 is 0 Å². The van der Waals surface area contributed by atoms with Crippen LogP contribution in [0.5, 0.6) is 0 Å². The standard InChI is InChI=1S/C15H16ClFN2/c1-18-14(8-11-3-2-4-13(17)7-11)9-12-5-6-19-10-15(12)16/h2-7,10,14,18H,8-9H2,1H3. The summed E-state index contributed by atoms with van der Waals surface area (Å²) in [6.07, 6.45) is 4.92. The third-order valence-corrected chi connectivity index (χ3v) is 3.44. The van der Waals surface area contributed by atoms with E-state index in [1.807, 2.05) is 19.2 Å². The quantitative estimate of drug-likeness (QED) is 0.908. The molecule has 1 N–H and O–H groups in total. The van der Waals surface area contributed by atoms with Gasteiger partial charge in [-0.05, 0) is 49.2 Å². The number of nitrogens with one attached hydrogen (secondary N) is 1. The number of nitrogens with zero attached hydrogens (tertiary/aromatic N) is 1. The van der Waals surface area contributed by atoms with E-state index in [1.165, 1.54) is 6.07 Å². The first kappa shape index (κ1) is 14.0. The average molecular weight is 279 g/mol. The maximum Gasteiger partial charge on any atom is 0.123 e. The number of likely N-dealkylation sites (N-methyl/N-ethyl adjacent to an activating group) is 1. The first-order valence-corrected chi connectivity index (χ1v) is 6.57. The van der Waals surface area contributed by atoms with Crippen LogP contribution in [0, 0.1) is 5.82 Å². The topological polar surface area (TPSA) is 24.9 Å². The van der Waals surface area contributed by atoms with Crippen LogP contribution < -0.4 is 5.32 Å². The highest BCUT2D eigenvalue weighted by atomic mass is 35.5. The second-order valence-corrected chi connectivity index (χ2v) is 4.90. The van der Waals surface area contributed by atoms with Crippen molar-refractivity contribution in [3.05, 3.63) is 64.7 Å². The number of hydrogen-bond donors (Lipinski definition) is 1. The summed E-state index contributed by atoms with van der Waals surface area (Å²) in [5.41, 5.74) is 2.02. The summed E-state index contributed by atoms with van der Waals surface area (Å²) in [6, 6.07) is 8.81. The van der Waals surface area contributed by atoms with Gasteiger partial charge in [0, 0.05) is 18.4 Å². The van der Waals surface area contributed by atoms with Crippen LogP contribution in [0.3, 0.4) is 0 Å². The third kappa shape index (κ3) is 4.01. The lowest BCUT2D eigenvalue weighted by atomic mass is 9.99. The molecule has 0 amide bonds. The van der Waals surface area contributed by atoms with Crippen LogP contribution in [0.25, 0.3) is 0 Å². The number of rotatable bonds is 5.